The largest absolute Gasteiger partial charge is 0.468 e. The number of aryl methyl sites for hydroxylation is 1. The lowest BCUT2D eigenvalue weighted by Crippen LogP contribution is -2.23. The standard InChI is InChI=1S/C7H12N4O2/c1-11-4-6(9-10-11)5(3-8)7(12)13-2/h4-5H,3,8H2,1-2H3. The van der Waals surface area contributed by atoms with Gasteiger partial charge >= 0.3 is 5.97 Å². The van der Waals surface area contributed by atoms with Crippen LogP contribution in [-0.4, -0.2) is 34.6 Å². The van der Waals surface area contributed by atoms with E-state index in [9.17, 15) is 4.79 Å². The number of rotatable bonds is 3. The van der Waals surface area contributed by atoms with Gasteiger partial charge < -0.3 is 10.5 Å². The maximum absolute atomic E-state index is 11.2. The Kier molecular flexibility index (Phi) is 2.97. The van der Waals surface area contributed by atoms with Gasteiger partial charge in [-0.25, -0.2) is 0 Å². The number of aromatic nitrogens is 3. The zero-order valence-corrected chi connectivity index (χ0v) is 7.60. The highest BCUT2D eigenvalue weighted by molar-refractivity contribution is 5.77. The quantitative estimate of drug-likeness (QED) is 0.611. The second-order valence-electron chi connectivity index (χ2n) is 2.63. The lowest BCUT2D eigenvalue weighted by molar-refractivity contribution is -0.142. The van der Waals surface area contributed by atoms with Crippen LogP contribution in [0.15, 0.2) is 6.20 Å². The van der Waals surface area contributed by atoms with Crippen LogP contribution in [0, 0.1) is 0 Å². The summed E-state index contributed by atoms with van der Waals surface area (Å²) in [4.78, 5) is 11.2. The van der Waals surface area contributed by atoms with Gasteiger partial charge in [0.25, 0.3) is 0 Å². The van der Waals surface area contributed by atoms with Gasteiger partial charge in [0.2, 0.25) is 0 Å². The van der Waals surface area contributed by atoms with Gasteiger partial charge in [0.05, 0.1) is 12.8 Å². The number of carbonyl (C=O) groups excluding carboxylic acids is 1. The Hall–Kier alpha value is -1.43. The molecule has 0 aromatic carbocycles. The van der Waals surface area contributed by atoms with Crippen molar-refractivity contribution in [2.45, 2.75) is 5.92 Å². The van der Waals surface area contributed by atoms with Gasteiger partial charge in [-0.15, -0.1) is 5.10 Å². The second-order valence-corrected chi connectivity index (χ2v) is 2.63. The van der Waals surface area contributed by atoms with E-state index in [4.69, 9.17) is 5.73 Å². The fourth-order valence-corrected chi connectivity index (χ4v) is 1.00. The van der Waals surface area contributed by atoms with Gasteiger partial charge in [0, 0.05) is 19.8 Å². The van der Waals surface area contributed by atoms with Crippen LogP contribution in [0.25, 0.3) is 0 Å². The van der Waals surface area contributed by atoms with E-state index in [1.165, 1.54) is 11.8 Å². The molecule has 0 aliphatic heterocycles. The number of hydrogen-bond donors (Lipinski definition) is 1. The highest BCUT2D eigenvalue weighted by Crippen LogP contribution is 2.11. The SMILES string of the molecule is COC(=O)C(CN)c1cn(C)nn1. The van der Waals surface area contributed by atoms with Crippen molar-refractivity contribution in [3.8, 4) is 0 Å². The number of nitrogens with zero attached hydrogens (tertiary/aromatic N) is 3. The molecule has 0 radical (unpaired) electrons. The Morgan fingerprint density at radius 3 is 2.92 bits per heavy atom. The average Bonchev–Trinajstić information content (AvgIpc) is 2.53. The molecule has 0 saturated carbocycles. The van der Waals surface area contributed by atoms with Crippen molar-refractivity contribution in [2.75, 3.05) is 13.7 Å². The van der Waals surface area contributed by atoms with Crippen LogP contribution in [0.1, 0.15) is 11.6 Å². The van der Waals surface area contributed by atoms with Crippen LogP contribution >= 0.6 is 0 Å². The highest BCUT2D eigenvalue weighted by Gasteiger charge is 2.22. The van der Waals surface area contributed by atoms with Crippen molar-refractivity contribution < 1.29 is 9.53 Å². The molecule has 0 bridgehead atoms. The van der Waals surface area contributed by atoms with Crippen molar-refractivity contribution in [1.29, 1.82) is 0 Å². The van der Waals surface area contributed by atoms with Gasteiger partial charge in [-0.05, 0) is 0 Å². The molecule has 0 amide bonds. The van der Waals surface area contributed by atoms with E-state index in [0.29, 0.717) is 5.69 Å². The lowest BCUT2D eigenvalue weighted by Gasteiger charge is -2.07. The summed E-state index contributed by atoms with van der Waals surface area (Å²) in [6.45, 7) is 0.172. The molecular weight excluding hydrogens is 172 g/mol. The van der Waals surface area contributed by atoms with E-state index >= 15 is 0 Å². The predicted octanol–water partition coefficient (Wildman–Crippen LogP) is -0.970. The van der Waals surface area contributed by atoms with Crippen LogP contribution in [0.3, 0.4) is 0 Å². The van der Waals surface area contributed by atoms with Crippen LogP contribution < -0.4 is 5.73 Å². The number of esters is 1. The molecule has 0 saturated heterocycles. The van der Waals surface area contributed by atoms with Gasteiger partial charge in [-0.1, -0.05) is 5.21 Å². The number of carbonyl (C=O) groups is 1. The Labute approximate surface area is 75.7 Å². The topological polar surface area (TPSA) is 83.0 Å². The van der Waals surface area contributed by atoms with Crippen molar-refractivity contribution in [2.24, 2.45) is 12.8 Å². The van der Waals surface area contributed by atoms with Crippen molar-refractivity contribution in [3.05, 3.63) is 11.9 Å². The minimum atomic E-state index is -0.515. The molecule has 72 valence electrons. The monoisotopic (exact) mass is 184 g/mol. The molecule has 0 fully saturated rings. The normalized spacial score (nSPS) is 12.5. The fourth-order valence-electron chi connectivity index (χ4n) is 1.00. The molecule has 1 aromatic rings. The third-order valence-corrected chi connectivity index (χ3v) is 1.70. The molecule has 1 atom stereocenters. The van der Waals surface area contributed by atoms with E-state index in [2.05, 4.69) is 15.0 Å². The maximum atomic E-state index is 11.2. The lowest BCUT2D eigenvalue weighted by atomic mass is 10.1. The van der Waals surface area contributed by atoms with E-state index in [1.54, 1.807) is 13.2 Å². The summed E-state index contributed by atoms with van der Waals surface area (Å²) in [7, 11) is 3.04. The van der Waals surface area contributed by atoms with Crippen LogP contribution in [0.5, 0.6) is 0 Å². The third kappa shape index (κ3) is 2.03. The molecule has 0 aliphatic rings. The molecule has 1 unspecified atom stereocenters. The summed E-state index contributed by atoms with van der Waals surface area (Å²) in [5, 5.41) is 7.49. The Morgan fingerprint density at radius 2 is 2.54 bits per heavy atom. The zero-order valence-electron chi connectivity index (χ0n) is 7.60. The first-order valence-corrected chi connectivity index (χ1v) is 3.83. The first-order valence-electron chi connectivity index (χ1n) is 3.83. The molecule has 2 N–H and O–H groups in total. The average molecular weight is 184 g/mol. The molecule has 6 nitrogen and oxygen atoms in total. The Balaban J connectivity index is 2.84. The molecule has 0 spiro atoms. The van der Waals surface area contributed by atoms with E-state index in [0.717, 1.165) is 0 Å². The van der Waals surface area contributed by atoms with E-state index < -0.39 is 5.92 Å². The van der Waals surface area contributed by atoms with E-state index in [1.807, 2.05) is 0 Å². The molecule has 1 aromatic heterocycles. The van der Waals surface area contributed by atoms with Crippen molar-refractivity contribution >= 4 is 5.97 Å². The fraction of sp³-hybridized carbons (Fsp3) is 0.571. The molecular formula is C7H12N4O2. The summed E-state index contributed by atoms with van der Waals surface area (Å²) in [5.41, 5.74) is 5.95. The number of nitrogens with two attached hydrogens (primary N) is 1. The molecule has 13 heavy (non-hydrogen) atoms. The molecule has 0 aliphatic carbocycles. The number of hydrogen-bond acceptors (Lipinski definition) is 5. The minimum absolute atomic E-state index is 0.172. The number of methoxy groups -OCH3 is 1. The third-order valence-electron chi connectivity index (χ3n) is 1.70. The van der Waals surface area contributed by atoms with E-state index in [-0.39, 0.29) is 12.5 Å². The van der Waals surface area contributed by atoms with Crippen molar-refractivity contribution in [1.82, 2.24) is 15.0 Å². The summed E-state index contributed by atoms with van der Waals surface area (Å²) in [6.07, 6.45) is 1.65. The molecule has 6 heteroatoms. The van der Waals surface area contributed by atoms with Gasteiger partial charge in [0.15, 0.2) is 0 Å². The maximum Gasteiger partial charge on any atom is 0.316 e. The Bertz CT molecular complexity index is 296. The number of ether oxygens (including phenoxy) is 1. The second kappa shape index (κ2) is 3.99. The summed E-state index contributed by atoms with van der Waals surface area (Å²) < 4.78 is 6.09. The summed E-state index contributed by atoms with van der Waals surface area (Å²) >= 11 is 0. The summed E-state index contributed by atoms with van der Waals surface area (Å²) in [5.74, 6) is -0.901. The van der Waals surface area contributed by atoms with Gasteiger partial charge in [0.1, 0.15) is 5.92 Å². The van der Waals surface area contributed by atoms with Crippen molar-refractivity contribution in [3.63, 3.8) is 0 Å². The molecule has 1 heterocycles. The van der Waals surface area contributed by atoms with Gasteiger partial charge in [-0.3, -0.25) is 9.48 Å². The van der Waals surface area contributed by atoms with Crippen LogP contribution in [0.2, 0.25) is 0 Å². The van der Waals surface area contributed by atoms with Crippen LogP contribution in [0.4, 0.5) is 0 Å². The molecule has 1 rings (SSSR count). The Morgan fingerprint density at radius 1 is 1.85 bits per heavy atom. The first kappa shape index (κ1) is 9.66. The van der Waals surface area contributed by atoms with Gasteiger partial charge in [-0.2, -0.15) is 0 Å². The van der Waals surface area contributed by atoms with Crippen LogP contribution in [-0.2, 0) is 16.6 Å². The smallest absolute Gasteiger partial charge is 0.316 e. The predicted molar refractivity (Wildman–Crippen MR) is 44.8 cm³/mol. The zero-order chi connectivity index (χ0) is 9.84. The minimum Gasteiger partial charge on any atom is -0.468 e. The first-order chi connectivity index (χ1) is 6.19. The summed E-state index contributed by atoms with van der Waals surface area (Å²) in [6, 6.07) is 0. The highest BCUT2D eigenvalue weighted by atomic mass is 16.5.